The Labute approximate surface area is 149 Å². The van der Waals surface area contributed by atoms with Crippen molar-refractivity contribution in [3.63, 3.8) is 0 Å². The third kappa shape index (κ3) is 4.31. The zero-order valence-electron chi connectivity index (χ0n) is 14.9. The van der Waals surface area contributed by atoms with Gasteiger partial charge in [0.15, 0.2) is 0 Å². The van der Waals surface area contributed by atoms with Crippen LogP contribution in [0.2, 0.25) is 0 Å². The molecule has 1 aromatic rings. The molecule has 25 heavy (non-hydrogen) atoms. The third-order valence-corrected chi connectivity index (χ3v) is 5.05. The molecule has 0 aliphatic carbocycles. The summed E-state index contributed by atoms with van der Waals surface area (Å²) in [4.78, 5) is 28.8. The van der Waals surface area contributed by atoms with E-state index in [0.29, 0.717) is 18.8 Å². The number of ether oxygens (including phenoxy) is 1. The van der Waals surface area contributed by atoms with E-state index in [4.69, 9.17) is 4.74 Å². The van der Waals surface area contributed by atoms with Crippen LogP contribution in [0.5, 0.6) is 5.75 Å². The maximum absolute atomic E-state index is 12.4. The average Bonchev–Trinajstić information content (AvgIpc) is 3.04. The van der Waals surface area contributed by atoms with Gasteiger partial charge in [-0.1, -0.05) is 18.6 Å². The Hall–Kier alpha value is -2.08. The molecule has 1 unspecified atom stereocenters. The van der Waals surface area contributed by atoms with Crippen molar-refractivity contribution in [1.82, 2.24) is 10.2 Å². The first-order valence-electron chi connectivity index (χ1n) is 9.12. The number of nitrogens with zero attached hydrogens (tertiary/aromatic N) is 2. The van der Waals surface area contributed by atoms with E-state index < -0.39 is 0 Å². The molecule has 0 spiro atoms. The lowest BCUT2D eigenvalue weighted by Crippen LogP contribution is -2.40. The van der Waals surface area contributed by atoms with Crippen LogP contribution < -0.4 is 15.0 Å². The molecular formula is C19H27N3O3. The highest BCUT2D eigenvalue weighted by molar-refractivity contribution is 6.01. The first-order chi connectivity index (χ1) is 12.2. The van der Waals surface area contributed by atoms with Crippen molar-refractivity contribution >= 4 is 17.5 Å². The van der Waals surface area contributed by atoms with E-state index in [-0.39, 0.29) is 24.2 Å². The molecule has 0 radical (unpaired) electrons. The number of amides is 2. The molecule has 1 N–H and O–H groups in total. The minimum atomic E-state index is -0.293. The maximum Gasteiger partial charge on any atom is 0.227 e. The molecule has 2 amide bonds. The summed E-state index contributed by atoms with van der Waals surface area (Å²) in [6.45, 7) is 4.20. The van der Waals surface area contributed by atoms with Crippen molar-refractivity contribution in [1.29, 1.82) is 0 Å². The highest BCUT2D eigenvalue weighted by atomic mass is 16.5. The van der Waals surface area contributed by atoms with Gasteiger partial charge in [0.05, 0.1) is 18.7 Å². The Morgan fingerprint density at radius 1 is 1.24 bits per heavy atom. The summed E-state index contributed by atoms with van der Waals surface area (Å²) in [5.41, 5.74) is 0.735. The van der Waals surface area contributed by atoms with Gasteiger partial charge in [-0.3, -0.25) is 9.59 Å². The minimum Gasteiger partial charge on any atom is -0.495 e. The number of nitrogens with one attached hydrogen (secondary N) is 1. The van der Waals surface area contributed by atoms with Crippen LogP contribution in [0.25, 0.3) is 0 Å². The first kappa shape index (κ1) is 17.7. The second-order valence-corrected chi connectivity index (χ2v) is 6.77. The normalized spacial score (nSPS) is 21.4. The number of methoxy groups -OCH3 is 1. The fraction of sp³-hybridized carbons (Fsp3) is 0.579. The number of rotatable bonds is 6. The summed E-state index contributed by atoms with van der Waals surface area (Å²) >= 11 is 0. The maximum atomic E-state index is 12.4. The second-order valence-electron chi connectivity index (χ2n) is 6.77. The van der Waals surface area contributed by atoms with E-state index in [1.165, 1.54) is 19.3 Å². The van der Waals surface area contributed by atoms with E-state index >= 15 is 0 Å². The number of anilines is 1. The Kier molecular flexibility index (Phi) is 5.91. The second kappa shape index (κ2) is 8.34. The van der Waals surface area contributed by atoms with Gasteiger partial charge in [0.2, 0.25) is 11.8 Å². The van der Waals surface area contributed by atoms with E-state index in [2.05, 4.69) is 10.2 Å². The minimum absolute atomic E-state index is 0.0252. The van der Waals surface area contributed by atoms with Crippen molar-refractivity contribution in [3.8, 4) is 5.75 Å². The lowest BCUT2D eigenvalue weighted by molar-refractivity contribution is -0.126. The zero-order valence-corrected chi connectivity index (χ0v) is 14.9. The van der Waals surface area contributed by atoms with Gasteiger partial charge >= 0.3 is 0 Å². The van der Waals surface area contributed by atoms with Crippen LogP contribution in [0.3, 0.4) is 0 Å². The van der Waals surface area contributed by atoms with E-state index in [1.54, 1.807) is 12.0 Å². The highest BCUT2D eigenvalue weighted by Crippen LogP contribution is 2.32. The number of piperidine rings is 1. The number of benzene rings is 1. The number of likely N-dealkylation sites (tertiary alicyclic amines) is 1. The molecule has 2 aliphatic heterocycles. The lowest BCUT2D eigenvalue weighted by Gasteiger charge is -2.26. The van der Waals surface area contributed by atoms with Gasteiger partial charge in [0.25, 0.3) is 0 Å². The summed E-state index contributed by atoms with van der Waals surface area (Å²) in [6.07, 6.45) is 4.07. The van der Waals surface area contributed by atoms with Crippen LogP contribution in [-0.4, -0.2) is 56.5 Å². The van der Waals surface area contributed by atoms with Crippen LogP contribution in [0.15, 0.2) is 24.3 Å². The predicted molar refractivity (Wildman–Crippen MR) is 96.8 cm³/mol. The third-order valence-electron chi connectivity index (χ3n) is 5.05. The van der Waals surface area contributed by atoms with Crippen molar-refractivity contribution < 1.29 is 14.3 Å². The molecule has 3 rings (SSSR count). The standard InChI is InChI=1S/C19H27N3O3/c1-25-17-8-4-3-7-16(17)22-14-15(13-18(22)23)19(24)20-9-12-21-10-5-2-6-11-21/h3-4,7-8,15H,2,5-6,9-14H2,1H3,(H,20,24). The molecule has 0 bridgehead atoms. The fourth-order valence-electron chi connectivity index (χ4n) is 3.63. The summed E-state index contributed by atoms with van der Waals surface area (Å²) in [5, 5.41) is 3.00. The molecule has 0 saturated carbocycles. The Balaban J connectivity index is 1.52. The summed E-state index contributed by atoms with van der Waals surface area (Å²) in [5.74, 6) is 0.309. The number of carbonyl (C=O) groups excluding carboxylic acids is 2. The van der Waals surface area contributed by atoms with Gasteiger partial charge in [0, 0.05) is 26.1 Å². The number of carbonyl (C=O) groups is 2. The first-order valence-corrected chi connectivity index (χ1v) is 9.12. The predicted octanol–water partition coefficient (Wildman–Crippen LogP) is 1.65. The monoisotopic (exact) mass is 345 g/mol. The molecule has 2 heterocycles. The van der Waals surface area contributed by atoms with Crippen LogP contribution in [0.1, 0.15) is 25.7 Å². The SMILES string of the molecule is COc1ccccc1N1CC(C(=O)NCCN2CCCCC2)CC1=O. The molecular weight excluding hydrogens is 318 g/mol. The molecule has 136 valence electrons. The summed E-state index contributed by atoms with van der Waals surface area (Å²) in [7, 11) is 1.59. The van der Waals surface area contributed by atoms with Crippen LogP contribution in [-0.2, 0) is 9.59 Å². The van der Waals surface area contributed by atoms with E-state index in [1.807, 2.05) is 24.3 Å². The van der Waals surface area contributed by atoms with Gasteiger partial charge in [-0.25, -0.2) is 0 Å². The fourth-order valence-corrected chi connectivity index (χ4v) is 3.63. The Bertz CT molecular complexity index is 614. The Morgan fingerprint density at radius 2 is 2.00 bits per heavy atom. The lowest BCUT2D eigenvalue weighted by atomic mass is 10.1. The van der Waals surface area contributed by atoms with Crippen molar-refractivity contribution in [2.75, 3.05) is 44.7 Å². The molecule has 1 aromatic carbocycles. The van der Waals surface area contributed by atoms with Crippen LogP contribution >= 0.6 is 0 Å². The van der Waals surface area contributed by atoms with Gasteiger partial charge in [-0.2, -0.15) is 0 Å². The quantitative estimate of drug-likeness (QED) is 0.852. The topological polar surface area (TPSA) is 61.9 Å². The van der Waals surface area contributed by atoms with Crippen LogP contribution in [0.4, 0.5) is 5.69 Å². The van der Waals surface area contributed by atoms with Gasteiger partial charge in [-0.05, 0) is 38.1 Å². The molecule has 1 atom stereocenters. The molecule has 2 saturated heterocycles. The molecule has 2 fully saturated rings. The van der Waals surface area contributed by atoms with E-state index in [0.717, 1.165) is 25.3 Å². The summed E-state index contributed by atoms with van der Waals surface area (Å²) < 4.78 is 5.33. The zero-order chi connectivity index (χ0) is 17.6. The van der Waals surface area contributed by atoms with Gasteiger partial charge in [-0.15, -0.1) is 0 Å². The van der Waals surface area contributed by atoms with Crippen molar-refractivity contribution in [2.24, 2.45) is 5.92 Å². The van der Waals surface area contributed by atoms with Crippen molar-refractivity contribution in [2.45, 2.75) is 25.7 Å². The smallest absolute Gasteiger partial charge is 0.227 e. The number of hydrogen-bond donors (Lipinski definition) is 1. The number of para-hydroxylation sites is 2. The molecule has 2 aliphatic rings. The van der Waals surface area contributed by atoms with Crippen molar-refractivity contribution in [3.05, 3.63) is 24.3 Å². The van der Waals surface area contributed by atoms with Gasteiger partial charge in [0.1, 0.15) is 5.75 Å². The number of hydrogen-bond acceptors (Lipinski definition) is 4. The van der Waals surface area contributed by atoms with Gasteiger partial charge < -0.3 is 19.9 Å². The van der Waals surface area contributed by atoms with E-state index in [9.17, 15) is 9.59 Å². The van der Waals surface area contributed by atoms with Crippen LogP contribution in [0, 0.1) is 5.92 Å². The molecule has 6 heteroatoms. The summed E-state index contributed by atoms with van der Waals surface area (Å²) in [6, 6.07) is 7.42. The largest absolute Gasteiger partial charge is 0.495 e. The molecule has 6 nitrogen and oxygen atoms in total. The Morgan fingerprint density at radius 3 is 2.76 bits per heavy atom. The highest BCUT2D eigenvalue weighted by Gasteiger charge is 2.36. The molecule has 0 aromatic heterocycles. The average molecular weight is 345 g/mol.